The third kappa shape index (κ3) is 4.38. The Bertz CT molecular complexity index is 1770. The number of hydrogen-bond donors (Lipinski definition) is 0. The van der Waals surface area contributed by atoms with Crippen molar-refractivity contribution in [3.63, 3.8) is 0 Å². The van der Waals surface area contributed by atoms with Gasteiger partial charge in [-0.1, -0.05) is 63.7 Å². The summed E-state index contributed by atoms with van der Waals surface area (Å²) in [4.78, 5) is 19.8. The van der Waals surface area contributed by atoms with E-state index in [9.17, 15) is 4.79 Å². The molecule has 0 radical (unpaired) electrons. The monoisotopic (exact) mass is 650 g/mol. The van der Waals surface area contributed by atoms with E-state index in [4.69, 9.17) is 14.5 Å². The number of fused-ring (bicyclic) bond motifs is 3. The molecule has 0 bridgehead atoms. The lowest BCUT2D eigenvalue weighted by Gasteiger charge is -2.30. The lowest BCUT2D eigenvalue weighted by molar-refractivity contribution is 0.309. The Morgan fingerprint density at radius 2 is 1.89 bits per heavy atom. The molecule has 6 rings (SSSR count). The molecule has 2 heterocycles. The van der Waals surface area contributed by atoms with Gasteiger partial charge in [0.05, 0.1) is 34.5 Å². The summed E-state index contributed by atoms with van der Waals surface area (Å²) in [7, 11) is 1.61. The number of aryl methyl sites for hydroxylation is 1. The molecule has 1 aliphatic heterocycles. The molecule has 1 aliphatic carbocycles. The molecule has 192 valence electrons. The van der Waals surface area contributed by atoms with Crippen molar-refractivity contribution in [3.8, 4) is 11.5 Å². The van der Waals surface area contributed by atoms with Crippen LogP contribution in [0.4, 0.5) is 0 Å². The molecule has 5 nitrogen and oxygen atoms in total. The van der Waals surface area contributed by atoms with Gasteiger partial charge in [0.2, 0.25) is 0 Å². The van der Waals surface area contributed by atoms with Crippen LogP contribution in [0, 0.1) is 0 Å². The third-order valence-corrected chi connectivity index (χ3v) is 9.00. The average molecular weight is 652 g/mol. The summed E-state index contributed by atoms with van der Waals surface area (Å²) in [6.45, 7) is 2.46. The van der Waals surface area contributed by atoms with Gasteiger partial charge >= 0.3 is 0 Å². The van der Waals surface area contributed by atoms with Crippen LogP contribution in [0.25, 0.3) is 11.8 Å². The molecule has 0 amide bonds. The topological polar surface area (TPSA) is 52.8 Å². The van der Waals surface area contributed by atoms with Gasteiger partial charge in [-0.3, -0.25) is 9.36 Å². The average Bonchev–Trinajstić information content (AvgIpc) is 3.23. The van der Waals surface area contributed by atoms with Gasteiger partial charge in [0.15, 0.2) is 16.3 Å². The first kappa shape index (κ1) is 25.3. The van der Waals surface area contributed by atoms with E-state index in [0.717, 1.165) is 44.2 Å². The summed E-state index contributed by atoms with van der Waals surface area (Å²) >= 11 is 8.57. The quantitative estimate of drug-likeness (QED) is 0.256. The maximum Gasteiger partial charge on any atom is 0.271 e. The lowest BCUT2D eigenvalue weighted by atomic mass is 9.83. The number of benzene rings is 3. The summed E-state index contributed by atoms with van der Waals surface area (Å²) in [6.07, 6.45) is 3.70. The Morgan fingerprint density at radius 3 is 2.66 bits per heavy atom. The molecule has 0 spiro atoms. The van der Waals surface area contributed by atoms with Crippen LogP contribution in [-0.2, 0) is 6.42 Å². The van der Waals surface area contributed by atoms with E-state index in [1.165, 1.54) is 22.5 Å². The number of rotatable bonds is 5. The Balaban J connectivity index is 1.57. The molecule has 38 heavy (non-hydrogen) atoms. The summed E-state index contributed by atoms with van der Waals surface area (Å²) < 4.78 is 15.6. The number of nitrogens with zero attached hydrogens (tertiary/aromatic N) is 2. The number of methoxy groups -OCH3 is 1. The van der Waals surface area contributed by atoms with Crippen molar-refractivity contribution in [2.24, 2.45) is 4.99 Å². The van der Waals surface area contributed by atoms with E-state index in [1.807, 2.05) is 41.8 Å². The number of hydrogen-bond acceptors (Lipinski definition) is 5. The fourth-order valence-electron chi connectivity index (χ4n) is 5.23. The summed E-state index contributed by atoms with van der Waals surface area (Å²) in [5.74, 6) is 1.26. The molecule has 8 heteroatoms. The normalized spacial score (nSPS) is 16.4. The van der Waals surface area contributed by atoms with Gasteiger partial charge in [-0.15, -0.1) is 0 Å². The zero-order valence-corrected chi connectivity index (χ0v) is 24.8. The predicted molar refractivity (Wildman–Crippen MR) is 159 cm³/mol. The summed E-state index contributed by atoms with van der Waals surface area (Å²) in [6, 6.07) is 20.3. The van der Waals surface area contributed by atoms with Crippen LogP contribution in [0.5, 0.6) is 11.5 Å². The maximum atomic E-state index is 14.0. The van der Waals surface area contributed by atoms with Crippen LogP contribution in [-0.4, -0.2) is 18.3 Å². The van der Waals surface area contributed by atoms with E-state index in [1.54, 1.807) is 7.11 Å². The van der Waals surface area contributed by atoms with Gasteiger partial charge in [0.1, 0.15) is 0 Å². The van der Waals surface area contributed by atoms with E-state index in [-0.39, 0.29) is 11.6 Å². The molecule has 0 N–H and O–H groups in total. The number of thiazole rings is 1. The van der Waals surface area contributed by atoms with Gasteiger partial charge in [0, 0.05) is 10.0 Å². The Hall–Kier alpha value is -2.94. The minimum Gasteiger partial charge on any atom is -0.493 e. The molecule has 3 aromatic carbocycles. The highest BCUT2D eigenvalue weighted by atomic mass is 79.9. The standard InChI is InChI=1S/C30H24Br2N2O3S/c1-3-37-28-23(32)14-17(15-24(28)36-2)16-25-29(35)34-27(19-8-11-20(31)12-9-19)22-13-10-18-6-4-5-7-21(18)26(22)33-30(34)38-25/h4-9,11-12,14-16,27H,3,10,13H2,1-2H3/b25-16-/t27-/m1/s1. The van der Waals surface area contributed by atoms with E-state index >= 15 is 0 Å². The van der Waals surface area contributed by atoms with E-state index in [0.29, 0.717) is 27.4 Å². The molecule has 0 unspecified atom stereocenters. The van der Waals surface area contributed by atoms with Crippen molar-refractivity contribution in [3.05, 3.63) is 117 Å². The van der Waals surface area contributed by atoms with Gasteiger partial charge in [-0.2, -0.15) is 0 Å². The molecule has 0 saturated carbocycles. The molecule has 4 aromatic rings. The summed E-state index contributed by atoms with van der Waals surface area (Å²) in [5.41, 5.74) is 6.53. The van der Waals surface area contributed by atoms with Gasteiger partial charge < -0.3 is 9.47 Å². The minimum atomic E-state index is -0.202. The highest BCUT2D eigenvalue weighted by Gasteiger charge is 2.32. The fourth-order valence-corrected chi connectivity index (χ4v) is 7.07. The number of allylic oxidation sites excluding steroid dienone is 1. The number of halogens is 2. The first-order valence-electron chi connectivity index (χ1n) is 12.4. The summed E-state index contributed by atoms with van der Waals surface area (Å²) in [5, 5.41) is 0. The van der Waals surface area contributed by atoms with Crippen LogP contribution >= 0.6 is 43.2 Å². The second-order valence-corrected chi connectivity index (χ2v) is 11.9. The number of ether oxygens (including phenoxy) is 2. The molecule has 1 atom stereocenters. The Labute approximate surface area is 241 Å². The second-order valence-electron chi connectivity index (χ2n) is 9.13. The predicted octanol–water partition coefficient (Wildman–Crippen LogP) is 6.25. The Kier molecular flexibility index (Phi) is 6.88. The van der Waals surface area contributed by atoms with Gasteiger partial charge in [-0.25, -0.2) is 4.99 Å². The van der Waals surface area contributed by atoms with Crippen molar-refractivity contribution in [2.45, 2.75) is 25.8 Å². The van der Waals surface area contributed by atoms with Crippen LogP contribution < -0.4 is 24.4 Å². The van der Waals surface area contributed by atoms with Crippen LogP contribution in [0.3, 0.4) is 0 Å². The SMILES string of the molecule is CCOc1c(Br)cc(/C=c2\sc3n(c2=O)[C@H](c2ccc(Br)cc2)C2=C(N=3)c3ccccc3CC2)cc1OC. The van der Waals surface area contributed by atoms with Crippen LogP contribution in [0.2, 0.25) is 0 Å². The molecule has 2 aliphatic rings. The highest BCUT2D eigenvalue weighted by molar-refractivity contribution is 9.10. The third-order valence-electron chi connectivity index (χ3n) is 6.90. The molecule has 1 aromatic heterocycles. The van der Waals surface area contributed by atoms with Crippen LogP contribution in [0.1, 0.15) is 41.6 Å². The minimum absolute atomic E-state index is 0.0453. The largest absolute Gasteiger partial charge is 0.493 e. The van der Waals surface area contributed by atoms with E-state index in [2.05, 4.69) is 68.3 Å². The van der Waals surface area contributed by atoms with Crippen molar-refractivity contribution < 1.29 is 9.47 Å². The van der Waals surface area contributed by atoms with Gasteiger partial charge in [-0.05, 0) is 88.3 Å². The molecule has 0 fully saturated rings. The first-order chi connectivity index (χ1) is 18.5. The smallest absolute Gasteiger partial charge is 0.271 e. The maximum absolute atomic E-state index is 14.0. The van der Waals surface area contributed by atoms with Gasteiger partial charge in [0.25, 0.3) is 5.56 Å². The van der Waals surface area contributed by atoms with Crippen molar-refractivity contribution in [1.82, 2.24) is 4.57 Å². The molecule has 0 saturated heterocycles. The van der Waals surface area contributed by atoms with Crippen molar-refractivity contribution in [1.29, 1.82) is 0 Å². The van der Waals surface area contributed by atoms with Crippen molar-refractivity contribution >= 4 is 55.0 Å². The van der Waals surface area contributed by atoms with Crippen molar-refractivity contribution in [2.75, 3.05) is 13.7 Å². The molecular weight excluding hydrogens is 628 g/mol. The van der Waals surface area contributed by atoms with Crippen LogP contribution in [0.15, 0.2) is 85.0 Å². The Morgan fingerprint density at radius 1 is 1.11 bits per heavy atom. The lowest BCUT2D eigenvalue weighted by Crippen LogP contribution is -2.38. The van der Waals surface area contributed by atoms with E-state index < -0.39 is 0 Å². The number of aromatic nitrogens is 1. The fraction of sp³-hybridized carbons (Fsp3) is 0.200. The zero-order valence-electron chi connectivity index (χ0n) is 20.8. The second kappa shape index (κ2) is 10.3. The first-order valence-corrected chi connectivity index (χ1v) is 14.8. The highest BCUT2D eigenvalue weighted by Crippen LogP contribution is 2.41. The zero-order chi connectivity index (χ0) is 26.4. The molecular formula is C30H24Br2N2O3S.